The largest absolute Gasteiger partial charge is 0.388 e. The first kappa shape index (κ1) is 14.3. The van der Waals surface area contributed by atoms with E-state index in [-0.39, 0.29) is 10.8 Å². The fraction of sp³-hybridized carbons (Fsp3) is 0.214. The number of hydrogen-bond donors (Lipinski definition) is 2. The van der Waals surface area contributed by atoms with Crippen molar-refractivity contribution < 1.29 is 4.39 Å². The molecule has 2 aromatic rings. The van der Waals surface area contributed by atoms with Crippen LogP contribution in [-0.2, 0) is 6.42 Å². The second-order valence-electron chi connectivity index (χ2n) is 4.35. The van der Waals surface area contributed by atoms with Gasteiger partial charge in [-0.25, -0.2) is 14.4 Å². The van der Waals surface area contributed by atoms with E-state index in [0.29, 0.717) is 30.2 Å². The molecule has 0 fully saturated rings. The molecular formula is C14H15FN4S. The van der Waals surface area contributed by atoms with Crippen LogP contribution in [-0.4, -0.2) is 21.5 Å². The van der Waals surface area contributed by atoms with Crippen molar-refractivity contribution in [3.05, 3.63) is 53.1 Å². The van der Waals surface area contributed by atoms with E-state index < -0.39 is 0 Å². The SMILES string of the molecule is Cc1cc(C(N)=S)nc(NCCc2ccccc2F)n1. The number of rotatable bonds is 5. The predicted octanol–water partition coefficient (Wildman–Crippen LogP) is 2.21. The van der Waals surface area contributed by atoms with E-state index in [9.17, 15) is 4.39 Å². The number of nitrogens with zero attached hydrogens (tertiary/aromatic N) is 2. The molecule has 2 rings (SSSR count). The summed E-state index contributed by atoms with van der Waals surface area (Å²) in [5.74, 6) is 0.243. The number of halogens is 1. The van der Waals surface area contributed by atoms with Crippen molar-refractivity contribution in [2.45, 2.75) is 13.3 Å². The molecule has 1 aromatic heterocycles. The molecule has 0 bridgehead atoms. The summed E-state index contributed by atoms with van der Waals surface area (Å²) in [6.07, 6.45) is 0.548. The standard InChI is InChI=1S/C14H15FN4S/c1-9-8-12(13(16)20)19-14(18-9)17-7-6-10-4-2-3-5-11(10)15/h2-5,8H,6-7H2,1H3,(H2,16,20)(H,17,18,19). The number of aryl methyl sites for hydroxylation is 1. The summed E-state index contributed by atoms with van der Waals surface area (Å²) in [5, 5.41) is 3.05. The molecule has 1 aromatic carbocycles. The molecule has 3 N–H and O–H groups in total. The van der Waals surface area contributed by atoms with Crippen LogP contribution in [0, 0.1) is 12.7 Å². The van der Waals surface area contributed by atoms with Crippen LogP contribution in [0.25, 0.3) is 0 Å². The van der Waals surface area contributed by atoms with Crippen molar-refractivity contribution in [1.29, 1.82) is 0 Å². The minimum absolute atomic E-state index is 0.205. The zero-order valence-corrected chi connectivity index (χ0v) is 11.9. The zero-order chi connectivity index (χ0) is 14.5. The van der Waals surface area contributed by atoms with Gasteiger partial charge in [0.2, 0.25) is 5.95 Å². The van der Waals surface area contributed by atoms with Gasteiger partial charge in [-0.1, -0.05) is 30.4 Å². The lowest BCUT2D eigenvalue weighted by molar-refractivity contribution is 0.610. The molecule has 1 heterocycles. The molecule has 0 spiro atoms. The maximum Gasteiger partial charge on any atom is 0.223 e. The fourth-order valence-corrected chi connectivity index (χ4v) is 1.89. The second kappa shape index (κ2) is 6.38. The highest BCUT2D eigenvalue weighted by Gasteiger charge is 2.05. The zero-order valence-electron chi connectivity index (χ0n) is 11.1. The van der Waals surface area contributed by atoms with E-state index in [1.165, 1.54) is 6.07 Å². The number of anilines is 1. The van der Waals surface area contributed by atoms with Gasteiger partial charge in [0, 0.05) is 12.2 Å². The van der Waals surface area contributed by atoms with E-state index in [4.69, 9.17) is 18.0 Å². The topological polar surface area (TPSA) is 63.8 Å². The average molecular weight is 290 g/mol. The number of nitrogens with one attached hydrogen (secondary N) is 1. The molecule has 0 amide bonds. The predicted molar refractivity (Wildman–Crippen MR) is 81.3 cm³/mol. The molecule has 20 heavy (non-hydrogen) atoms. The maximum atomic E-state index is 13.5. The van der Waals surface area contributed by atoms with Crippen molar-refractivity contribution in [1.82, 2.24) is 9.97 Å². The summed E-state index contributed by atoms with van der Waals surface area (Å²) in [7, 11) is 0. The maximum absolute atomic E-state index is 13.5. The fourth-order valence-electron chi connectivity index (χ4n) is 1.78. The number of aromatic nitrogens is 2. The number of nitrogens with two attached hydrogens (primary N) is 1. The third-order valence-corrected chi connectivity index (χ3v) is 2.95. The number of hydrogen-bond acceptors (Lipinski definition) is 4. The van der Waals surface area contributed by atoms with E-state index >= 15 is 0 Å². The van der Waals surface area contributed by atoms with Crippen LogP contribution in [0.15, 0.2) is 30.3 Å². The first-order valence-electron chi connectivity index (χ1n) is 6.19. The lowest BCUT2D eigenvalue weighted by Gasteiger charge is -2.08. The van der Waals surface area contributed by atoms with Crippen LogP contribution >= 0.6 is 12.2 Å². The molecule has 6 heteroatoms. The van der Waals surface area contributed by atoms with Gasteiger partial charge in [-0.2, -0.15) is 0 Å². The Morgan fingerprint density at radius 2 is 2.10 bits per heavy atom. The molecule has 0 aliphatic rings. The van der Waals surface area contributed by atoms with Crippen LogP contribution in [0.5, 0.6) is 0 Å². The van der Waals surface area contributed by atoms with Crippen molar-refractivity contribution in [2.24, 2.45) is 5.73 Å². The van der Waals surface area contributed by atoms with Gasteiger partial charge < -0.3 is 11.1 Å². The molecule has 0 aliphatic heterocycles. The minimum Gasteiger partial charge on any atom is -0.388 e. The Bertz CT molecular complexity index is 630. The quantitative estimate of drug-likeness (QED) is 0.827. The number of benzene rings is 1. The molecule has 4 nitrogen and oxygen atoms in total. The summed E-state index contributed by atoms with van der Waals surface area (Å²) in [6, 6.07) is 8.42. The molecule has 0 unspecified atom stereocenters. The normalized spacial score (nSPS) is 10.3. The van der Waals surface area contributed by atoms with Crippen molar-refractivity contribution in [3.8, 4) is 0 Å². The Labute approximate surface area is 122 Å². The van der Waals surface area contributed by atoms with Crippen LogP contribution in [0.3, 0.4) is 0 Å². The van der Waals surface area contributed by atoms with Crippen LogP contribution in [0.4, 0.5) is 10.3 Å². The Hall–Kier alpha value is -2.08. The highest BCUT2D eigenvalue weighted by atomic mass is 32.1. The van der Waals surface area contributed by atoms with Crippen molar-refractivity contribution in [3.63, 3.8) is 0 Å². The van der Waals surface area contributed by atoms with Crippen LogP contribution in [0.1, 0.15) is 17.0 Å². The third kappa shape index (κ3) is 3.71. The van der Waals surface area contributed by atoms with Gasteiger partial charge >= 0.3 is 0 Å². The summed E-state index contributed by atoms with van der Waals surface area (Å²) >= 11 is 4.90. The van der Waals surface area contributed by atoms with Gasteiger partial charge in [0.05, 0.1) is 0 Å². The Balaban J connectivity index is 2.01. The lowest BCUT2D eigenvalue weighted by Crippen LogP contribution is -2.15. The van der Waals surface area contributed by atoms with Gasteiger partial charge in [0.1, 0.15) is 16.5 Å². The second-order valence-corrected chi connectivity index (χ2v) is 4.79. The van der Waals surface area contributed by atoms with E-state index in [1.807, 2.05) is 13.0 Å². The highest BCUT2D eigenvalue weighted by molar-refractivity contribution is 7.80. The monoisotopic (exact) mass is 290 g/mol. The Morgan fingerprint density at radius 3 is 2.80 bits per heavy atom. The van der Waals surface area contributed by atoms with Crippen LogP contribution in [0.2, 0.25) is 0 Å². The van der Waals surface area contributed by atoms with Crippen molar-refractivity contribution >= 4 is 23.2 Å². The molecule has 104 valence electrons. The molecule has 0 saturated carbocycles. The van der Waals surface area contributed by atoms with Crippen molar-refractivity contribution in [2.75, 3.05) is 11.9 Å². The molecule has 0 saturated heterocycles. The van der Waals surface area contributed by atoms with E-state index in [1.54, 1.807) is 18.2 Å². The minimum atomic E-state index is -0.205. The molecule has 0 atom stereocenters. The lowest BCUT2D eigenvalue weighted by atomic mass is 10.1. The summed E-state index contributed by atoms with van der Waals surface area (Å²) in [4.78, 5) is 8.67. The Morgan fingerprint density at radius 1 is 1.35 bits per heavy atom. The molecular weight excluding hydrogens is 275 g/mol. The van der Waals surface area contributed by atoms with Gasteiger partial charge in [-0.3, -0.25) is 0 Å². The van der Waals surface area contributed by atoms with Gasteiger partial charge in [0.15, 0.2) is 0 Å². The van der Waals surface area contributed by atoms with E-state index in [2.05, 4.69) is 15.3 Å². The van der Waals surface area contributed by atoms with Gasteiger partial charge in [-0.05, 0) is 31.0 Å². The molecule has 0 aliphatic carbocycles. The Kier molecular flexibility index (Phi) is 4.57. The first-order valence-corrected chi connectivity index (χ1v) is 6.60. The average Bonchev–Trinajstić information content (AvgIpc) is 2.40. The number of thiocarbonyl (C=S) groups is 1. The molecule has 0 radical (unpaired) electrons. The van der Waals surface area contributed by atoms with Gasteiger partial charge in [-0.15, -0.1) is 0 Å². The van der Waals surface area contributed by atoms with Crippen LogP contribution < -0.4 is 11.1 Å². The highest BCUT2D eigenvalue weighted by Crippen LogP contribution is 2.08. The smallest absolute Gasteiger partial charge is 0.223 e. The third-order valence-electron chi connectivity index (χ3n) is 2.74. The summed E-state index contributed by atoms with van der Waals surface area (Å²) in [5.41, 5.74) is 7.51. The first-order chi connectivity index (χ1) is 9.56. The van der Waals surface area contributed by atoms with Gasteiger partial charge in [0.25, 0.3) is 0 Å². The summed E-state index contributed by atoms with van der Waals surface area (Å²) in [6.45, 7) is 2.37. The summed E-state index contributed by atoms with van der Waals surface area (Å²) < 4.78 is 13.5. The van der Waals surface area contributed by atoms with E-state index in [0.717, 1.165) is 5.69 Å².